The van der Waals surface area contributed by atoms with Crippen molar-refractivity contribution in [3.8, 4) is 0 Å². The smallest absolute Gasteiger partial charge is 0.226 e. The van der Waals surface area contributed by atoms with Crippen LogP contribution in [-0.4, -0.2) is 16.0 Å². The van der Waals surface area contributed by atoms with Crippen LogP contribution >= 0.6 is 51.1 Å². The molecule has 1 amide bonds. The van der Waals surface area contributed by atoms with Crippen LogP contribution in [0.4, 0.5) is 11.4 Å². The van der Waals surface area contributed by atoms with E-state index in [2.05, 4.69) is 42.5 Å². The number of carbonyl (C=O) groups is 1. The van der Waals surface area contributed by atoms with E-state index in [1.165, 1.54) is 0 Å². The number of thiophene rings is 1. The van der Waals surface area contributed by atoms with Crippen molar-refractivity contribution in [3.05, 3.63) is 74.1 Å². The van der Waals surface area contributed by atoms with E-state index in [9.17, 15) is 4.79 Å². The van der Waals surface area contributed by atoms with Crippen LogP contribution in [0.15, 0.2) is 58.5 Å². The Morgan fingerprint density at radius 1 is 1.29 bits per heavy atom. The lowest BCUT2D eigenvalue weighted by atomic mass is 10.0. The maximum atomic E-state index is 12.1. The highest BCUT2D eigenvalue weighted by atomic mass is 79.9. The van der Waals surface area contributed by atoms with Crippen LogP contribution in [0.2, 0.25) is 5.02 Å². The Bertz CT molecular complexity index is 1120. The van der Waals surface area contributed by atoms with Gasteiger partial charge in [-0.15, -0.1) is 11.3 Å². The number of rotatable bonds is 5. The number of thiocarbonyl (C=S) groups is 1. The van der Waals surface area contributed by atoms with Gasteiger partial charge in [0.25, 0.3) is 0 Å². The van der Waals surface area contributed by atoms with Gasteiger partial charge < -0.3 is 15.5 Å². The minimum atomic E-state index is -0.133. The molecule has 0 saturated carbocycles. The Morgan fingerprint density at radius 3 is 2.71 bits per heavy atom. The monoisotopic (exact) mass is 534 g/mol. The molecule has 0 aliphatic carbocycles. The molecule has 2 atom stereocenters. The molecule has 1 aliphatic heterocycles. The Morgan fingerprint density at radius 2 is 2.10 bits per heavy atom. The Labute approximate surface area is 204 Å². The van der Waals surface area contributed by atoms with Crippen LogP contribution < -0.4 is 15.5 Å². The summed E-state index contributed by atoms with van der Waals surface area (Å²) in [6, 6.07) is 15.4. The molecule has 160 valence electrons. The molecule has 1 fully saturated rings. The summed E-state index contributed by atoms with van der Waals surface area (Å²) in [6.07, 6.45) is 1.78. The molecule has 1 aromatic carbocycles. The molecule has 3 heterocycles. The molecule has 31 heavy (non-hydrogen) atoms. The van der Waals surface area contributed by atoms with Crippen molar-refractivity contribution < 1.29 is 4.79 Å². The fraction of sp³-hybridized carbons (Fsp3) is 0.227. The number of amides is 1. The molecule has 2 aromatic heterocycles. The van der Waals surface area contributed by atoms with Crippen LogP contribution in [0.25, 0.3) is 0 Å². The number of anilines is 2. The number of hydrogen-bond acceptors (Lipinski definition) is 4. The van der Waals surface area contributed by atoms with Gasteiger partial charge in [0.1, 0.15) is 0 Å². The lowest BCUT2D eigenvalue weighted by Crippen LogP contribution is -2.29. The van der Waals surface area contributed by atoms with Gasteiger partial charge in [0.05, 0.1) is 32.3 Å². The molecule has 0 bridgehead atoms. The summed E-state index contributed by atoms with van der Waals surface area (Å²) >= 11 is 17.5. The van der Waals surface area contributed by atoms with Crippen molar-refractivity contribution in [2.45, 2.75) is 25.9 Å². The Kier molecular flexibility index (Phi) is 6.62. The third-order valence-corrected chi connectivity index (χ3v) is 7.32. The molecule has 1 aliphatic rings. The fourth-order valence-corrected chi connectivity index (χ4v) is 5.56. The van der Waals surface area contributed by atoms with E-state index >= 15 is 0 Å². The number of nitrogens with one attached hydrogen (secondary N) is 2. The van der Waals surface area contributed by atoms with Crippen LogP contribution in [-0.2, 0) is 4.79 Å². The summed E-state index contributed by atoms with van der Waals surface area (Å²) in [5, 5.41) is 7.36. The third-order valence-electron chi connectivity index (χ3n) is 5.00. The summed E-state index contributed by atoms with van der Waals surface area (Å²) in [5.74, 6) is -0.212. The van der Waals surface area contributed by atoms with Crippen LogP contribution in [0.5, 0.6) is 0 Å². The van der Waals surface area contributed by atoms with Crippen LogP contribution in [0, 0.1) is 5.92 Å². The van der Waals surface area contributed by atoms with Gasteiger partial charge in [0.15, 0.2) is 5.11 Å². The van der Waals surface area contributed by atoms with Gasteiger partial charge in [0.2, 0.25) is 5.91 Å². The summed E-state index contributed by atoms with van der Waals surface area (Å²) in [4.78, 5) is 19.8. The number of nitrogens with zero attached hydrogens (tertiary/aromatic N) is 2. The number of halogens is 2. The van der Waals surface area contributed by atoms with Gasteiger partial charge in [0, 0.05) is 22.7 Å². The van der Waals surface area contributed by atoms with Crippen molar-refractivity contribution in [2.24, 2.45) is 5.92 Å². The minimum absolute atomic E-state index is 0.0791. The predicted molar refractivity (Wildman–Crippen MR) is 135 cm³/mol. The van der Waals surface area contributed by atoms with E-state index < -0.39 is 0 Å². The van der Waals surface area contributed by atoms with Crippen molar-refractivity contribution >= 4 is 73.5 Å². The number of benzene rings is 1. The first-order valence-corrected chi connectivity index (χ1v) is 12.1. The van der Waals surface area contributed by atoms with E-state index in [0.29, 0.717) is 15.8 Å². The molecule has 4 rings (SSSR count). The number of aromatic nitrogens is 1. The molecule has 0 unspecified atom stereocenters. The molecule has 0 radical (unpaired) electrons. The Hall–Kier alpha value is -2.00. The summed E-state index contributed by atoms with van der Waals surface area (Å²) in [7, 11) is 0. The van der Waals surface area contributed by atoms with Gasteiger partial charge in [-0.25, -0.2) is 0 Å². The van der Waals surface area contributed by atoms with Gasteiger partial charge >= 0.3 is 0 Å². The van der Waals surface area contributed by atoms with E-state index in [1.807, 2.05) is 56.3 Å². The predicted octanol–water partition coefficient (Wildman–Crippen LogP) is 6.33. The lowest BCUT2D eigenvalue weighted by molar-refractivity contribution is -0.118. The third kappa shape index (κ3) is 4.62. The van der Waals surface area contributed by atoms with Crippen molar-refractivity contribution in [1.82, 2.24) is 10.3 Å². The maximum absolute atomic E-state index is 12.1. The van der Waals surface area contributed by atoms with Gasteiger partial charge in [-0.1, -0.05) is 31.5 Å². The first kappa shape index (κ1) is 22.2. The largest absolute Gasteiger partial charge is 0.351 e. The highest BCUT2D eigenvalue weighted by Crippen LogP contribution is 2.45. The zero-order valence-corrected chi connectivity index (χ0v) is 20.8. The first-order chi connectivity index (χ1) is 14.8. The second-order valence-electron chi connectivity index (χ2n) is 7.45. The molecule has 0 spiro atoms. The number of pyridine rings is 1. The SMILES string of the molecule is CC(C)C(=O)Nc1ccc(N2C(=S)N[C@H](c3ccccn3)[C@@H]2c2ccc(Br)s2)cc1Cl. The van der Waals surface area contributed by atoms with Crippen LogP contribution in [0.3, 0.4) is 0 Å². The molecule has 1 saturated heterocycles. The molecular formula is C22H20BrClN4OS2. The standard InChI is InChI=1S/C22H20BrClN4OS2/c1-12(2)21(29)26-15-7-6-13(11-14(15)24)28-20(17-8-9-18(23)31-17)19(27-22(28)30)16-5-3-4-10-25-16/h3-12,19-20H,1-2H3,(H,26,29)(H,27,30)/t19-,20+/m1/s1. The fourth-order valence-electron chi connectivity index (χ4n) is 3.44. The van der Waals surface area contributed by atoms with Crippen LogP contribution in [0.1, 0.15) is 36.5 Å². The van der Waals surface area contributed by atoms with Crippen molar-refractivity contribution in [3.63, 3.8) is 0 Å². The van der Waals surface area contributed by atoms with E-state index in [1.54, 1.807) is 17.5 Å². The van der Waals surface area contributed by atoms with E-state index in [4.69, 9.17) is 23.8 Å². The quantitative estimate of drug-likeness (QED) is 0.374. The summed E-state index contributed by atoms with van der Waals surface area (Å²) in [6.45, 7) is 3.68. The summed E-state index contributed by atoms with van der Waals surface area (Å²) < 4.78 is 1.05. The second kappa shape index (κ2) is 9.24. The molecule has 5 nitrogen and oxygen atoms in total. The molecular weight excluding hydrogens is 516 g/mol. The minimum Gasteiger partial charge on any atom is -0.351 e. The molecule has 3 aromatic rings. The first-order valence-electron chi connectivity index (χ1n) is 9.71. The van der Waals surface area contributed by atoms with Crippen molar-refractivity contribution in [1.29, 1.82) is 0 Å². The van der Waals surface area contributed by atoms with E-state index in [0.717, 1.165) is 20.0 Å². The highest BCUT2D eigenvalue weighted by Gasteiger charge is 2.41. The Balaban J connectivity index is 1.73. The molecule has 9 heteroatoms. The zero-order chi connectivity index (χ0) is 22.1. The lowest BCUT2D eigenvalue weighted by Gasteiger charge is -2.27. The average molecular weight is 536 g/mol. The van der Waals surface area contributed by atoms with Gasteiger partial charge in [-0.3, -0.25) is 9.78 Å². The van der Waals surface area contributed by atoms with E-state index in [-0.39, 0.29) is 23.9 Å². The summed E-state index contributed by atoms with van der Waals surface area (Å²) in [5.41, 5.74) is 2.34. The van der Waals surface area contributed by atoms with Gasteiger partial charge in [-0.05, 0) is 70.6 Å². The second-order valence-corrected chi connectivity index (χ2v) is 10.7. The average Bonchev–Trinajstić information content (AvgIpc) is 3.32. The normalized spacial score (nSPS) is 18.4. The number of hydrogen-bond donors (Lipinski definition) is 2. The highest BCUT2D eigenvalue weighted by molar-refractivity contribution is 9.11. The topological polar surface area (TPSA) is 57.3 Å². The number of carbonyl (C=O) groups excluding carboxylic acids is 1. The maximum Gasteiger partial charge on any atom is 0.226 e. The van der Waals surface area contributed by atoms with Gasteiger partial charge in [-0.2, -0.15) is 0 Å². The zero-order valence-electron chi connectivity index (χ0n) is 16.8. The molecule has 2 N–H and O–H groups in total. The van der Waals surface area contributed by atoms with Crippen molar-refractivity contribution in [2.75, 3.05) is 10.2 Å².